The van der Waals surface area contributed by atoms with Gasteiger partial charge in [-0.15, -0.1) is 0 Å². The molecule has 0 aliphatic rings. The molecule has 7 nitrogen and oxygen atoms in total. The van der Waals surface area contributed by atoms with Gasteiger partial charge < -0.3 is 9.47 Å². The molecule has 0 fully saturated rings. The lowest BCUT2D eigenvalue weighted by molar-refractivity contribution is -0.384. The van der Waals surface area contributed by atoms with Crippen molar-refractivity contribution in [2.45, 2.75) is 20.0 Å². The molecule has 2 rings (SSSR count). The highest BCUT2D eigenvalue weighted by molar-refractivity contribution is 5.85. The average molecular weight is 329 g/mol. The first-order chi connectivity index (χ1) is 11.5. The summed E-state index contributed by atoms with van der Waals surface area (Å²) in [7, 11) is 1.58. The Kier molecular flexibility index (Phi) is 5.73. The van der Waals surface area contributed by atoms with Crippen LogP contribution in [0.4, 0.5) is 11.4 Å². The Morgan fingerprint density at radius 2 is 1.92 bits per heavy atom. The normalized spacial score (nSPS) is 10.8. The predicted octanol–water partition coefficient (Wildman–Crippen LogP) is 3.84. The zero-order valence-corrected chi connectivity index (χ0v) is 13.7. The van der Waals surface area contributed by atoms with Crippen molar-refractivity contribution < 1.29 is 14.4 Å². The molecule has 1 N–H and O–H groups in total. The fourth-order valence-electron chi connectivity index (χ4n) is 1.99. The molecule has 0 saturated carbocycles. The minimum Gasteiger partial charge on any atom is -0.493 e. The van der Waals surface area contributed by atoms with Gasteiger partial charge in [-0.3, -0.25) is 15.5 Å². The van der Waals surface area contributed by atoms with Crippen molar-refractivity contribution in [3.05, 3.63) is 58.1 Å². The molecule has 24 heavy (non-hydrogen) atoms. The zero-order chi connectivity index (χ0) is 17.5. The number of methoxy groups -OCH3 is 1. The molecule has 0 aromatic heterocycles. The minimum absolute atomic E-state index is 0.00363. The van der Waals surface area contributed by atoms with Gasteiger partial charge in [-0.1, -0.05) is 6.07 Å². The van der Waals surface area contributed by atoms with E-state index in [1.165, 1.54) is 12.1 Å². The lowest BCUT2D eigenvalue weighted by Gasteiger charge is -2.15. The van der Waals surface area contributed by atoms with Crippen LogP contribution in [0.3, 0.4) is 0 Å². The molecule has 0 heterocycles. The number of nitrogens with one attached hydrogen (secondary N) is 1. The number of nitro groups is 1. The van der Waals surface area contributed by atoms with Crippen LogP contribution in [0.25, 0.3) is 0 Å². The zero-order valence-electron chi connectivity index (χ0n) is 13.7. The van der Waals surface area contributed by atoms with Crippen molar-refractivity contribution in [2.75, 3.05) is 12.5 Å². The fraction of sp³-hybridized carbons (Fsp3) is 0.235. The fourth-order valence-corrected chi connectivity index (χ4v) is 1.99. The molecule has 0 radical (unpaired) electrons. The number of non-ortho nitro benzene ring substituents is 1. The summed E-state index contributed by atoms with van der Waals surface area (Å²) in [5, 5.41) is 14.8. The molecule has 0 unspecified atom stereocenters. The van der Waals surface area contributed by atoms with Gasteiger partial charge in [0, 0.05) is 17.7 Å². The van der Waals surface area contributed by atoms with E-state index in [0.29, 0.717) is 17.2 Å². The van der Waals surface area contributed by atoms with Crippen LogP contribution in [0.5, 0.6) is 11.5 Å². The standard InChI is InChI=1S/C17H19N3O4/c1-12(2)24-17-13(5-4-6-16(17)23-3)11-18-19-14-7-9-15(10-8-14)20(21)22/h4-12,19H,1-3H3. The van der Waals surface area contributed by atoms with Gasteiger partial charge in [-0.05, 0) is 38.1 Å². The number of hydrazone groups is 1. The number of ether oxygens (including phenoxy) is 2. The first-order valence-corrected chi connectivity index (χ1v) is 7.38. The molecule has 0 aliphatic carbocycles. The van der Waals surface area contributed by atoms with Crippen LogP contribution in [0.1, 0.15) is 19.4 Å². The molecule has 0 atom stereocenters. The number of hydrogen-bond acceptors (Lipinski definition) is 6. The average Bonchev–Trinajstić information content (AvgIpc) is 2.56. The maximum absolute atomic E-state index is 10.6. The maximum atomic E-state index is 10.6. The third-order valence-corrected chi connectivity index (χ3v) is 3.06. The molecule has 2 aromatic carbocycles. The van der Waals surface area contributed by atoms with E-state index in [4.69, 9.17) is 9.47 Å². The van der Waals surface area contributed by atoms with E-state index in [2.05, 4.69) is 10.5 Å². The van der Waals surface area contributed by atoms with Gasteiger partial charge in [-0.25, -0.2) is 0 Å². The molecule has 2 aromatic rings. The number of benzene rings is 2. The van der Waals surface area contributed by atoms with Gasteiger partial charge in [-0.2, -0.15) is 5.10 Å². The topological polar surface area (TPSA) is 86.0 Å². The highest BCUT2D eigenvalue weighted by atomic mass is 16.6. The second-order valence-corrected chi connectivity index (χ2v) is 5.22. The van der Waals surface area contributed by atoms with E-state index in [1.807, 2.05) is 32.0 Å². The lowest BCUT2D eigenvalue weighted by Crippen LogP contribution is -2.09. The third-order valence-electron chi connectivity index (χ3n) is 3.06. The van der Waals surface area contributed by atoms with Crippen molar-refractivity contribution in [3.8, 4) is 11.5 Å². The molecule has 0 amide bonds. The van der Waals surface area contributed by atoms with Crippen molar-refractivity contribution in [3.63, 3.8) is 0 Å². The van der Waals surface area contributed by atoms with Crippen LogP contribution in [-0.4, -0.2) is 24.4 Å². The molecule has 7 heteroatoms. The summed E-state index contributed by atoms with van der Waals surface area (Å²) in [6.07, 6.45) is 1.61. The van der Waals surface area contributed by atoms with E-state index in [1.54, 1.807) is 25.5 Å². The molecule has 0 saturated heterocycles. The molecular weight excluding hydrogens is 310 g/mol. The second-order valence-electron chi connectivity index (χ2n) is 5.22. The summed E-state index contributed by atoms with van der Waals surface area (Å²) in [6.45, 7) is 3.87. The maximum Gasteiger partial charge on any atom is 0.269 e. The van der Waals surface area contributed by atoms with Gasteiger partial charge in [0.2, 0.25) is 0 Å². The van der Waals surface area contributed by atoms with E-state index in [-0.39, 0.29) is 11.8 Å². The van der Waals surface area contributed by atoms with Gasteiger partial charge in [0.1, 0.15) is 0 Å². The van der Waals surface area contributed by atoms with Crippen LogP contribution in [0.15, 0.2) is 47.6 Å². The summed E-state index contributed by atoms with van der Waals surface area (Å²) >= 11 is 0. The lowest BCUT2D eigenvalue weighted by atomic mass is 10.2. The highest BCUT2D eigenvalue weighted by Crippen LogP contribution is 2.31. The number of hydrogen-bond donors (Lipinski definition) is 1. The van der Waals surface area contributed by atoms with Gasteiger partial charge in [0.05, 0.1) is 30.0 Å². The summed E-state index contributed by atoms with van der Waals surface area (Å²) < 4.78 is 11.1. The predicted molar refractivity (Wildman–Crippen MR) is 93.1 cm³/mol. The Balaban J connectivity index is 2.15. The van der Waals surface area contributed by atoms with E-state index in [0.717, 1.165) is 5.56 Å². The highest BCUT2D eigenvalue weighted by Gasteiger charge is 2.10. The number of nitrogens with zero attached hydrogens (tertiary/aromatic N) is 2. The van der Waals surface area contributed by atoms with Crippen LogP contribution in [0, 0.1) is 10.1 Å². The van der Waals surface area contributed by atoms with Crippen LogP contribution < -0.4 is 14.9 Å². The Morgan fingerprint density at radius 3 is 2.50 bits per heavy atom. The van der Waals surface area contributed by atoms with Gasteiger partial charge in [0.15, 0.2) is 11.5 Å². The third kappa shape index (κ3) is 4.45. The molecule has 0 spiro atoms. The minimum atomic E-state index is -0.446. The smallest absolute Gasteiger partial charge is 0.269 e. The van der Waals surface area contributed by atoms with E-state index in [9.17, 15) is 10.1 Å². The van der Waals surface area contributed by atoms with Gasteiger partial charge >= 0.3 is 0 Å². The van der Waals surface area contributed by atoms with Gasteiger partial charge in [0.25, 0.3) is 5.69 Å². The summed E-state index contributed by atoms with van der Waals surface area (Å²) in [4.78, 5) is 10.2. The van der Waals surface area contributed by atoms with Crippen molar-refractivity contribution in [2.24, 2.45) is 5.10 Å². The van der Waals surface area contributed by atoms with Crippen molar-refractivity contribution >= 4 is 17.6 Å². The van der Waals surface area contributed by atoms with Crippen LogP contribution in [-0.2, 0) is 0 Å². The first-order valence-electron chi connectivity index (χ1n) is 7.38. The van der Waals surface area contributed by atoms with Crippen molar-refractivity contribution in [1.82, 2.24) is 0 Å². The van der Waals surface area contributed by atoms with Crippen LogP contribution in [0.2, 0.25) is 0 Å². The molecule has 0 aliphatic heterocycles. The quantitative estimate of drug-likeness (QED) is 0.474. The Morgan fingerprint density at radius 1 is 1.21 bits per heavy atom. The second kappa shape index (κ2) is 7.96. The molecule has 0 bridgehead atoms. The SMILES string of the molecule is COc1cccc(C=NNc2ccc([N+](=O)[O-])cc2)c1OC(C)C. The van der Waals surface area contributed by atoms with Crippen LogP contribution >= 0.6 is 0 Å². The van der Waals surface area contributed by atoms with E-state index < -0.39 is 4.92 Å². The first kappa shape index (κ1) is 17.3. The number of anilines is 1. The summed E-state index contributed by atoms with van der Waals surface area (Å²) in [5.74, 6) is 1.24. The summed E-state index contributed by atoms with van der Waals surface area (Å²) in [6, 6.07) is 11.5. The molecular formula is C17H19N3O4. The van der Waals surface area contributed by atoms with E-state index >= 15 is 0 Å². The number of para-hydroxylation sites is 1. The monoisotopic (exact) mass is 329 g/mol. The Hall–Kier alpha value is -3.09. The largest absolute Gasteiger partial charge is 0.493 e. The Bertz CT molecular complexity index is 727. The Labute approximate surface area is 140 Å². The molecule has 126 valence electrons. The number of rotatable bonds is 7. The summed E-state index contributed by atoms with van der Waals surface area (Å²) in [5.41, 5.74) is 4.27. The van der Waals surface area contributed by atoms with Crippen molar-refractivity contribution in [1.29, 1.82) is 0 Å². The number of nitro benzene ring substituents is 1.